The third-order valence-corrected chi connectivity index (χ3v) is 9.04. The molecule has 0 spiro atoms. The van der Waals surface area contributed by atoms with Crippen molar-refractivity contribution in [1.82, 2.24) is 0 Å². The van der Waals surface area contributed by atoms with Crippen molar-refractivity contribution in [2.45, 2.75) is 180 Å². The van der Waals surface area contributed by atoms with Gasteiger partial charge in [0.2, 0.25) is 0 Å². The highest BCUT2D eigenvalue weighted by Crippen LogP contribution is 2.13. The van der Waals surface area contributed by atoms with Crippen molar-refractivity contribution in [3.05, 3.63) is 48.6 Å². The van der Waals surface area contributed by atoms with Crippen LogP contribution in [0.15, 0.2) is 48.6 Å². The van der Waals surface area contributed by atoms with Crippen molar-refractivity contribution in [3.8, 4) is 0 Å². The number of unbranched alkanes of at least 4 members (excludes halogenated alkanes) is 16. The molecule has 9 heteroatoms. The molecule has 0 aliphatic heterocycles. The summed E-state index contributed by atoms with van der Waals surface area (Å²) >= 11 is 0. The van der Waals surface area contributed by atoms with E-state index in [9.17, 15) is 19.5 Å². The zero-order chi connectivity index (χ0) is 40.7. The van der Waals surface area contributed by atoms with Gasteiger partial charge in [-0.2, -0.15) is 0 Å². The van der Waals surface area contributed by atoms with Crippen LogP contribution in [0.2, 0.25) is 0 Å². The van der Waals surface area contributed by atoms with E-state index in [1.54, 1.807) is 0 Å². The van der Waals surface area contributed by atoms with Gasteiger partial charge in [0.05, 0.1) is 34.4 Å². The minimum absolute atomic E-state index is 0.182. The first kappa shape index (κ1) is 52.2. The number of carbonyl (C=O) groups excluding carboxylic acids is 2. The Hall–Kier alpha value is -2.75. The zero-order valence-corrected chi connectivity index (χ0v) is 35.8. The Morgan fingerprint density at radius 2 is 1.02 bits per heavy atom. The Kier molecular flexibility index (Phi) is 36.2. The molecule has 0 fully saturated rings. The number of esters is 2. The summed E-state index contributed by atoms with van der Waals surface area (Å²) in [6, 6.07) is 0. The highest BCUT2D eigenvalue weighted by atomic mass is 16.7. The maximum atomic E-state index is 12.7. The van der Waals surface area contributed by atoms with Crippen LogP contribution >= 0.6 is 0 Å². The van der Waals surface area contributed by atoms with E-state index in [1.165, 1.54) is 51.4 Å². The Morgan fingerprint density at radius 3 is 1.51 bits per heavy atom. The summed E-state index contributed by atoms with van der Waals surface area (Å²) in [6.07, 6.45) is 40.2. The summed E-state index contributed by atoms with van der Waals surface area (Å²) in [4.78, 5) is 37.0. The van der Waals surface area contributed by atoms with Crippen molar-refractivity contribution >= 4 is 17.9 Å². The monoisotopic (exact) mass is 777 g/mol. The third-order valence-electron chi connectivity index (χ3n) is 9.04. The molecule has 1 N–H and O–H groups in total. The van der Waals surface area contributed by atoms with Crippen LogP contribution in [0.1, 0.15) is 168 Å². The van der Waals surface area contributed by atoms with Crippen molar-refractivity contribution in [2.24, 2.45) is 0 Å². The van der Waals surface area contributed by atoms with Crippen LogP contribution in [0.25, 0.3) is 0 Å². The van der Waals surface area contributed by atoms with Gasteiger partial charge in [0, 0.05) is 12.8 Å². The van der Waals surface area contributed by atoms with Crippen LogP contribution in [0.4, 0.5) is 0 Å². The van der Waals surface area contributed by atoms with Crippen molar-refractivity contribution in [2.75, 3.05) is 47.5 Å². The first-order chi connectivity index (χ1) is 26.6. The Morgan fingerprint density at radius 1 is 0.545 bits per heavy atom. The number of allylic oxidation sites excluding steroid dienone is 8. The lowest BCUT2D eigenvalue weighted by Crippen LogP contribution is -2.40. The molecule has 0 rings (SSSR count). The minimum atomic E-state index is -1.51. The number of nitrogens with zero attached hydrogens (tertiary/aromatic N) is 1. The molecule has 318 valence electrons. The SMILES string of the molecule is CCC/C=C\C/C=C\CCCCCCCC(=O)OCC(COC(OCC[N+](C)(C)C)C(=O)O)OC(=O)CCCCCCCCC/C=C\C/C=C\CCCCC. The molecule has 0 saturated heterocycles. The second kappa shape index (κ2) is 38.1. The van der Waals surface area contributed by atoms with Crippen LogP contribution in [-0.2, 0) is 33.3 Å². The van der Waals surface area contributed by atoms with E-state index in [1.807, 2.05) is 21.1 Å². The Bertz CT molecular complexity index is 1050. The predicted octanol–water partition coefficient (Wildman–Crippen LogP) is 11.2. The third kappa shape index (κ3) is 39.3. The molecule has 0 aliphatic rings. The normalized spacial score (nSPS) is 13.4. The van der Waals surface area contributed by atoms with E-state index in [2.05, 4.69) is 62.5 Å². The average Bonchev–Trinajstić information content (AvgIpc) is 3.14. The molecular formula is C46H82NO8+. The number of ether oxygens (including phenoxy) is 4. The lowest BCUT2D eigenvalue weighted by Gasteiger charge is -2.25. The zero-order valence-electron chi connectivity index (χ0n) is 35.8. The van der Waals surface area contributed by atoms with Gasteiger partial charge < -0.3 is 28.5 Å². The van der Waals surface area contributed by atoms with E-state index in [0.717, 1.165) is 83.5 Å². The molecule has 0 aromatic rings. The number of hydrogen-bond donors (Lipinski definition) is 1. The predicted molar refractivity (Wildman–Crippen MR) is 226 cm³/mol. The molecule has 0 amide bonds. The molecule has 2 atom stereocenters. The number of rotatable bonds is 39. The van der Waals surface area contributed by atoms with Crippen molar-refractivity contribution < 1.29 is 42.9 Å². The highest BCUT2D eigenvalue weighted by molar-refractivity contribution is 5.71. The van der Waals surface area contributed by atoms with E-state index >= 15 is 0 Å². The maximum absolute atomic E-state index is 12.7. The summed E-state index contributed by atoms with van der Waals surface area (Å²) in [5.74, 6) is -2.04. The van der Waals surface area contributed by atoms with Gasteiger partial charge in [-0.25, -0.2) is 4.79 Å². The topological polar surface area (TPSA) is 108 Å². The lowest BCUT2D eigenvalue weighted by atomic mass is 10.1. The second-order valence-electron chi connectivity index (χ2n) is 15.6. The molecule has 0 aromatic carbocycles. The van der Waals surface area contributed by atoms with Gasteiger partial charge in [-0.05, 0) is 70.6 Å². The van der Waals surface area contributed by atoms with Crippen LogP contribution in [0.3, 0.4) is 0 Å². The van der Waals surface area contributed by atoms with Gasteiger partial charge in [-0.15, -0.1) is 0 Å². The van der Waals surface area contributed by atoms with E-state index in [4.69, 9.17) is 18.9 Å². The summed E-state index contributed by atoms with van der Waals surface area (Å²) in [5.41, 5.74) is 0. The fourth-order valence-corrected chi connectivity index (χ4v) is 5.61. The van der Waals surface area contributed by atoms with Crippen LogP contribution in [-0.4, -0.2) is 87.4 Å². The lowest BCUT2D eigenvalue weighted by molar-refractivity contribution is -0.870. The number of carboxylic acid groups (broad SMARTS) is 1. The quantitative estimate of drug-likeness (QED) is 0.0216. The van der Waals surface area contributed by atoms with Gasteiger partial charge in [0.15, 0.2) is 6.10 Å². The number of likely N-dealkylation sites (N-methyl/N-ethyl adjacent to an activating group) is 1. The minimum Gasteiger partial charge on any atom is -0.477 e. The summed E-state index contributed by atoms with van der Waals surface area (Å²) in [6.45, 7) is 4.74. The molecular weight excluding hydrogens is 695 g/mol. The van der Waals surface area contributed by atoms with Crippen molar-refractivity contribution in [1.29, 1.82) is 0 Å². The summed E-state index contributed by atoms with van der Waals surface area (Å²) < 4.78 is 22.7. The van der Waals surface area contributed by atoms with Gasteiger partial charge >= 0.3 is 17.9 Å². The standard InChI is InChI=1S/C46H81NO8/c1-6-8-10-12-14-16-18-20-21-22-23-25-27-29-31-33-35-37-44(49)55-42(41-54-46(45(50)51)52-39-38-47(3,4)5)40-53-43(48)36-34-32-30-28-26-24-19-17-15-13-11-9-7-2/h11,13-14,16-17,19-21,42,46H,6-10,12,15,18,22-41H2,1-5H3/p+1/b13-11-,16-14-,19-17-,21-20-. The van der Waals surface area contributed by atoms with Gasteiger partial charge in [0.1, 0.15) is 13.2 Å². The number of quaternary nitrogens is 1. The Balaban J connectivity index is 4.49. The molecule has 0 radical (unpaired) electrons. The molecule has 0 saturated carbocycles. The number of aliphatic carboxylic acids is 1. The van der Waals surface area contributed by atoms with Gasteiger partial charge in [-0.3, -0.25) is 9.59 Å². The molecule has 0 bridgehead atoms. The van der Waals surface area contributed by atoms with Gasteiger partial charge in [0.25, 0.3) is 6.29 Å². The molecule has 0 heterocycles. The molecule has 0 aromatic heterocycles. The first-order valence-corrected chi connectivity index (χ1v) is 21.8. The second-order valence-corrected chi connectivity index (χ2v) is 15.6. The molecule has 2 unspecified atom stereocenters. The van der Waals surface area contributed by atoms with E-state index in [-0.39, 0.29) is 38.6 Å². The van der Waals surface area contributed by atoms with E-state index in [0.29, 0.717) is 17.4 Å². The van der Waals surface area contributed by atoms with Gasteiger partial charge in [-0.1, -0.05) is 133 Å². The highest BCUT2D eigenvalue weighted by Gasteiger charge is 2.25. The fourth-order valence-electron chi connectivity index (χ4n) is 5.61. The van der Waals surface area contributed by atoms with E-state index < -0.39 is 24.3 Å². The fraction of sp³-hybridized carbons (Fsp3) is 0.761. The smallest absolute Gasteiger partial charge is 0.361 e. The number of carbonyl (C=O) groups is 3. The summed E-state index contributed by atoms with van der Waals surface area (Å²) in [7, 11) is 5.94. The molecule has 9 nitrogen and oxygen atoms in total. The number of carboxylic acids is 1. The Labute approximate surface area is 336 Å². The van der Waals surface area contributed by atoms with Crippen LogP contribution in [0, 0.1) is 0 Å². The van der Waals surface area contributed by atoms with Crippen molar-refractivity contribution in [3.63, 3.8) is 0 Å². The molecule has 55 heavy (non-hydrogen) atoms. The largest absolute Gasteiger partial charge is 0.477 e. The first-order valence-electron chi connectivity index (χ1n) is 21.8. The summed E-state index contributed by atoms with van der Waals surface area (Å²) in [5, 5.41) is 9.62. The molecule has 0 aliphatic carbocycles. The van der Waals surface area contributed by atoms with Crippen LogP contribution in [0.5, 0.6) is 0 Å². The number of hydrogen-bond acceptors (Lipinski definition) is 7. The average molecular weight is 777 g/mol. The van der Waals surface area contributed by atoms with Crippen LogP contribution < -0.4 is 0 Å². The maximum Gasteiger partial charge on any atom is 0.361 e.